The Morgan fingerprint density at radius 2 is 1.65 bits per heavy atom. The van der Waals surface area contributed by atoms with Crippen molar-refractivity contribution in [3.63, 3.8) is 0 Å². The van der Waals surface area contributed by atoms with Crippen molar-refractivity contribution >= 4 is 46.1 Å². The molecule has 1 amide bonds. The number of primary amides is 1. The van der Waals surface area contributed by atoms with Crippen molar-refractivity contribution in [3.05, 3.63) is 58.6 Å². The van der Waals surface area contributed by atoms with E-state index in [0.29, 0.717) is 16.1 Å². The molecule has 0 radical (unpaired) electrons. The van der Waals surface area contributed by atoms with Gasteiger partial charge in [0.1, 0.15) is 4.99 Å². The summed E-state index contributed by atoms with van der Waals surface area (Å²) in [5, 5.41) is 3.64. The van der Waals surface area contributed by atoms with Crippen molar-refractivity contribution in [1.82, 2.24) is 0 Å². The molecule has 2 aromatic rings. The summed E-state index contributed by atoms with van der Waals surface area (Å²) in [7, 11) is 0. The van der Waals surface area contributed by atoms with E-state index >= 15 is 0 Å². The smallest absolute Gasteiger partial charge is 0.248 e. The number of amides is 1. The number of rotatable bonds is 4. The Balaban J connectivity index is 2.19. The molecule has 6 heteroatoms. The monoisotopic (exact) mass is 305 g/mol. The van der Waals surface area contributed by atoms with Crippen molar-refractivity contribution < 1.29 is 4.79 Å². The SMILES string of the molecule is NC(=O)c1ccc(Nc2ccc(C(N)=S)c(Cl)c2)cc1. The second-order valence-electron chi connectivity index (χ2n) is 4.13. The zero-order valence-electron chi connectivity index (χ0n) is 10.4. The van der Waals surface area contributed by atoms with Crippen LogP contribution >= 0.6 is 23.8 Å². The Bertz CT molecular complexity index is 671. The molecule has 0 saturated carbocycles. The highest BCUT2D eigenvalue weighted by Crippen LogP contribution is 2.24. The molecule has 0 fully saturated rings. The fraction of sp³-hybridized carbons (Fsp3) is 0. The maximum absolute atomic E-state index is 11.0. The lowest BCUT2D eigenvalue weighted by atomic mass is 10.1. The molecule has 0 aliphatic rings. The van der Waals surface area contributed by atoms with Gasteiger partial charge in [-0.1, -0.05) is 23.8 Å². The van der Waals surface area contributed by atoms with Gasteiger partial charge in [0.2, 0.25) is 5.91 Å². The van der Waals surface area contributed by atoms with Crippen LogP contribution < -0.4 is 16.8 Å². The summed E-state index contributed by atoms with van der Waals surface area (Å²) in [5.41, 5.74) is 13.4. The van der Waals surface area contributed by atoms with Gasteiger partial charge < -0.3 is 16.8 Å². The van der Waals surface area contributed by atoms with Crippen LogP contribution in [-0.4, -0.2) is 10.9 Å². The van der Waals surface area contributed by atoms with Gasteiger partial charge >= 0.3 is 0 Å². The second-order valence-corrected chi connectivity index (χ2v) is 4.97. The number of anilines is 2. The number of carbonyl (C=O) groups is 1. The number of benzene rings is 2. The zero-order valence-corrected chi connectivity index (χ0v) is 12.0. The highest BCUT2D eigenvalue weighted by molar-refractivity contribution is 7.80. The molecule has 102 valence electrons. The summed E-state index contributed by atoms with van der Waals surface area (Å²) < 4.78 is 0. The van der Waals surface area contributed by atoms with Gasteiger partial charge in [0, 0.05) is 22.5 Å². The molecule has 0 spiro atoms. The predicted octanol–water partition coefficient (Wildman–Crippen LogP) is 2.82. The molecule has 20 heavy (non-hydrogen) atoms. The Kier molecular flexibility index (Phi) is 4.22. The van der Waals surface area contributed by atoms with E-state index in [-0.39, 0.29) is 4.99 Å². The summed E-state index contributed by atoms with van der Waals surface area (Å²) in [5.74, 6) is -0.458. The molecule has 0 aliphatic heterocycles. The molecular weight excluding hydrogens is 294 g/mol. The fourth-order valence-corrected chi connectivity index (χ4v) is 2.19. The third kappa shape index (κ3) is 3.26. The molecule has 0 heterocycles. The number of nitrogens with two attached hydrogens (primary N) is 2. The Labute approximate surface area is 126 Å². The van der Waals surface area contributed by atoms with Gasteiger partial charge in [-0.15, -0.1) is 0 Å². The van der Waals surface area contributed by atoms with Crippen LogP contribution in [0.15, 0.2) is 42.5 Å². The highest BCUT2D eigenvalue weighted by atomic mass is 35.5. The molecular formula is C14H12ClN3OS. The molecule has 5 N–H and O–H groups in total. The summed E-state index contributed by atoms with van der Waals surface area (Å²) in [4.78, 5) is 11.2. The molecule has 4 nitrogen and oxygen atoms in total. The van der Waals surface area contributed by atoms with Crippen LogP contribution in [0.5, 0.6) is 0 Å². The third-order valence-corrected chi connectivity index (χ3v) is 3.23. The van der Waals surface area contributed by atoms with Crippen LogP contribution in [0.4, 0.5) is 11.4 Å². The zero-order chi connectivity index (χ0) is 14.7. The number of thiocarbonyl (C=S) groups is 1. The summed E-state index contributed by atoms with van der Waals surface area (Å²) >= 11 is 11.0. The molecule has 2 aromatic carbocycles. The van der Waals surface area contributed by atoms with Crippen LogP contribution in [0, 0.1) is 0 Å². The maximum atomic E-state index is 11.0. The van der Waals surface area contributed by atoms with Gasteiger partial charge in [-0.05, 0) is 42.5 Å². The minimum atomic E-state index is -0.458. The summed E-state index contributed by atoms with van der Waals surface area (Å²) in [6.45, 7) is 0. The lowest BCUT2D eigenvalue weighted by Crippen LogP contribution is -2.10. The predicted molar refractivity (Wildman–Crippen MR) is 85.6 cm³/mol. The third-order valence-electron chi connectivity index (χ3n) is 2.69. The normalized spacial score (nSPS) is 10.1. The largest absolute Gasteiger partial charge is 0.389 e. The molecule has 0 aliphatic carbocycles. The van der Waals surface area contributed by atoms with E-state index in [0.717, 1.165) is 11.4 Å². The minimum Gasteiger partial charge on any atom is -0.389 e. The number of carbonyl (C=O) groups excluding carboxylic acids is 1. The topological polar surface area (TPSA) is 81.1 Å². The number of hydrogen-bond acceptors (Lipinski definition) is 3. The fourth-order valence-electron chi connectivity index (χ4n) is 1.68. The average molecular weight is 306 g/mol. The van der Waals surface area contributed by atoms with Crippen LogP contribution in [-0.2, 0) is 0 Å². The Morgan fingerprint density at radius 1 is 1.05 bits per heavy atom. The average Bonchev–Trinajstić information content (AvgIpc) is 2.39. The summed E-state index contributed by atoms with van der Waals surface area (Å²) in [6.07, 6.45) is 0. The van der Waals surface area contributed by atoms with Crippen molar-refractivity contribution in [2.75, 3.05) is 5.32 Å². The molecule has 0 saturated heterocycles. The number of nitrogens with one attached hydrogen (secondary N) is 1. The lowest BCUT2D eigenvalue weighted by Gasteiger charge is -2.09. The lowest BCUT2D eigenvalue weighted by molar-refractivity contribution is 0.100. The highest BCUT2D eigenvalue weighted by Gasteiger charge is 2.05. The number of hydrogen-bond donors (Lipinski definition) is 3. The van der Waals surface area contributed by atoms with E-state index < -0.39 is 5.91 Å². The van der Waals surface area contributed by atoms with Crippen LogP contribution in [0.3, 0.4) is 0 Å². The first-order chi connectivity index (χ1) is 9.47. The van der Waals surface area contributed by atoms with Crippen molar-refractivity contribution in [3.8, 4) is 0 Å². The molecule has 0 aromatic heterocycles. The van der Waals surface area contributed by atoms with Crippen molar-refractivity contribution in [2.24, 2.45) is 11.5 Å². The van der Waals surface area contributed by atoms with Crippen LogP contribution in [0.2, 0.25) is 5.02 Å². The van der Waals surface area contributed by atoms with E-state index in [1.807, 2.05) is 6.07 Å². The van der Waals surface area contributed by atoms with Crippen molar-refractivity contribution in [1.29, 1.82) is 0 Å². The molecule has 0 bridgehead atoms. The summed E-state index contributed by atoms with van der Waals surface area (Å²) in [6, 6.07) is 12.1. The maximum Gasteiger partial charge on any atom is 0.248 e. The van der Waals surface area contributed by atoms with E-state index in [2.05, 4.69) is 5.32 Å². The van der Waals surface area contributed by atoms with E-state index in [9.17, 15) is 4.79 Å². The van der Waals surface area contributed by atoms with Gasteiger partial charge in [-0.25, -0.2) is 0 Å². The molecule has 0 unspecified atom stereocenters. The first kappa shape index (κ1) is 14.3. The quantitative estimate of drug-likeness (QED) is 0.759. The first-order valence-corrected chi connectivity index (χ1v) is 6.52. The Morgan fingerprint density at radius 3 is 2.15 bits per heavy atom. The van der Waals surface area contributed by atoms with Gasteiger partial charge in [-0.2, -0.15) is 0 Å². The van der Waals surface area contributed by atoms with Gasteiger partial charge in [0.25, 0.3) is 0 Å². The van der Waals surface area contributed by atoms with Crippen LogP contribution in [0.1, 0.15) is 15.9 Å². The van der Waals surface area contributed by atoms with Crippen molar-refractivity contribution in [2.45, 2.75) is 0 Å². The van der Waals surface area contributed by atoms with Gasteiger partial charge in [0.15, 0.2) is 0 Å². The standard InChI is InChI=1S/C14H12ClN3OS/c15-12-7-10(5-6-11(12)14(17)20)18-9-3-1-8(2-4-9)13(16)19/h1-7,18H,(H2,16,19)(H2,17,20). The number of halogens is 1. The van der Waals surface area contributed by atoms with Gasteiger partial charge in [0.05, 0.1) is 5.02 Å². The Hall–Kier alpha value is -2.11. The van der Waals surface area contributed by atoms with E-state index in [4.69, 9.17) is 35.3 Å². The van der Waals surface area contributed by atoms with Gasteiger partial charge in [-0.3, -0.25) is 4.79 Å². The minimum absolute atomic E-state index is 0.257. The van der Waals surface area contributed by atoms with Crippen LogP contribution in [0.25, 0.3) is 0 Å². The van der Waals surface area contributed by atoms with E-state index in [1.54, 1.807) is 36.4 Å². The molecule has 2 rings (SSSR count). The first-order valence-electron chi connectivity index (χ1n) is 5.73. The van der Waals surface area contributed by atoms with E-state index in [1.165, 1.54) is 0 Å². The molecule has 0 atom stereocenters. The second kappa shape index (κ2) is 5.90.